The van der Waals surface area contributed by atoms with Gasteiger partial charge in [-0.05, 0) is 37.8 Å². The Kier molecular flexibility index (Phi) is 4.97. The first-order chi connectivity index (χ1) is 11.2. The highest BCUT2D eigenvalue weighted by molar-refractivity contribution is 8.00. The van der Waals surface area contributed by atoms with E-state index >= 15 is 0 Å². The van der Waals surface area contributed by atoms with Gasteiger partial charge in [-0.1, -0.05) is 31.5 Å². The molecule has 0 aromatic carbocycles. The quantitative estimate of drug-likeness (QED) is 0.791. The number of pyridine rings is 1. The zero-order valence-electron chi connectivity index (χ0n) is 13.5. The Morgan fingerprint density at radius 1 is 1.35 bits per heavy atom. The van der Waals surface area contributed by atoms with E-state index in [-0.39, 0.29) is 5.25 Å². The van der Waals surface area contributed by atoms with Gasteiger partial charge in [-0.3, -0.25) is 9.55 Å². The van der Waals surface area contributed by atoms with E-state index in [1.807, 2.05) is 25.3 Å². The van der Waals surface area contributed by atoms with Gasteiger partial charge in [0.05, 0.1) is 11.3 Å². The highest BCUT2D eigenvalue weighted by atomic mass is 32.2. The van der Waals surface area contributed by atoms with Crippen molar-refractivity contribution in [2.75, 3.05) is 0 Å². The van der Waals surface area contributed by atoms with Crippen molar-refractivity contribution in [1.82, 2.24) is 19.7 Å². The average Bonchev–Trinajstić information content (AvgIpc) is 2.99. The molecule has 0 aliphatic heterocycles. The first-order valence-electron chi connectivity index (χ1n) is 8.12. The molecular weight excluding hydrogens is 306 g/mol. The molecule has 3 atom stereocenters. The van der Waals surface area contributed by atoms with Gasteiger partial charge >= 0.3 is 0 Å². The maximum atomic E-state index is 9.13. The van der Waals surface area contributed by atoms with E-state index in [1.165, 1.54) is 31.0 Å². The van der Waals surface area contributed by atoms with Crippen LogP contribution in [0.2, 0.25) is 0 Å². The lowest BCUT2D eigenvalue weighted by atomic mass is 9.85. The zero-order valence-corrected chi connectivity index (χ0v) is 14.3. The van der Waals surface area contributed by atoms with Gasteiger partial charge in [-0.25, -0.2) is 0 Å². The van der Waals surface area contributed by atoms with E-state index in [0.29, 0.717) is 12.0 Å². The third-order valence-electron chi connectivity index (χ3n) is 4.45. The lowest BCUT2D eigenvalue weighted by Crippen LogP contribution is -2.22. The summed E-state index contributed by atoms with van der Waals surface area (Å²) in [6, 6.07) is 6.60. The van der Waals surface area contributed by atoms with Crippen molar-refractivity contribution in [1.29, 1.82) is 5.26 Å². The van der Waals surface area contributed by atoms with E-state index in [4.69, 9.17) is 5.26 Å². The fourth-order valence-electron chi connectivity index (χ4n) is 3.21. The summed E-state index contributed by atoms with van der Waals surface area (Å²) < 4.78 is 2.25. The van der Waals surface area contributed by atoms with Crippen molar-refractivity contribution in [2.24, 2.45) is 5.92 Å². The maximum absolute atomic E-state index is 9.13. The molecule has 6 heteroatoms. The van der Waals surface area contributed by atoms with Gasteiger partial charge < -0.3 is 0 Å². The minimum atomic E-state index is -0.140. The Balaban J connectivity index is 2.04. The normalized spacial score (nSPS) is 22.5. The molecule has 120 valence electrons. The number of thioether (sulfide) groups is 1. The van der Waals surface area contributed by atoms with E-state index in [9.17, 15) is 0 Å². The maximum Gasteiger partial charge on any atom is 0.193 e. The molecule has 23 heavy (non-hydrogen) atoms. The summed E-state index contributed by atoms with van der Waals surface area (Å²) in [5.74, 6) is 1.46. The number of hydrogen-bond acceptors (Lipinski definition) is 5. The zero-order chi connectivity index (χ0) is 16.2. The summed E-state index contributed by atoms with van der Waals surface area (Å²) in [5.41, 5.74) is 0.981. The van der Waals surface area contributed by atoms with Crippen LogP contribution in [0.4, 0.5) is 0 Å². The first-order valence-corrected chi connectivity index (χ1v) is 9.00. The number of rotatable bonds is 4. The molecule has 0 bridgehead atoms. The molecule has 2 aromatic heterocycles. The summed E-state index contributed by atoms with van der Waals surface area (Å²) in [4.78, 5) is 4.21. The molecule has 1 fully saturated rings. The fraction of sp³-hybridized carbons (Fsp3) is 0.529. The number of nitrogens with zero attached hydrogens (tertiary/aromatic N) is 5. The highest BCUT2D eigenvalue weighted by Crippen LogP contribution is 2.39. The fourth-order valence-corrected chi connectivity index (χ4v) is 4.01. The molecule has 2 aromatic rings. The average molecular weight is 327 g/mol. The molecule has 5 nitrogen and oxygen atoms in total. The second kappa shape index (κ2) is 7.14. The second-order valence-corrected chi connectivity index (χ2v) is 7.44. The van der Waals surface area contributed by atoms with Gasteiger partial charge in [0, 0.05) is 24.0 Å². The van der Waals surface area contributed by atoms with Crippen LogP contribution in [0.25, 0.3) is 11.4 Å². The summed E-state index contributed by atoms with van der Waals surface area (Å²) in [6.45, 7) is 4.21. The Bertz CT molecular complexity index is 691. The number of hydrogen-bond donors (Lipinski definition) is 0. The van der Waals surface area contributed by atoms with Crippen molar-refractivity contribution in [2.45, 2.75) is 56.0 Å². The van der Waals surface area contributed by atoms with Crippen LogP contribution in [0.3, 0.4) is 0 Å². The third-order valence-corrected chi connectivity index (χ3v) is 5.39. The van der Waals surface area contributed by atoms with E-state index in [0.717, 1.165) is 23.0 Å². The molecule has 1 aliphatic carbocycles. The van der Waals surface area contributed by atoms with Gasteiger partial charge in [0.1, 0.15) is 0 Å². The molecule has 0 radical (unpaired) electrons. The van der Waals surface area contributed by atoms with Crippen LogP contribution in [-0.2, 0) is 0 Å². The van der Waals surface area contributed by atoms with Crippen LogP contribution >= 0.6 is 11.8 Å². The summed E-state index contributed by atoms with van der Waals surface area (Å²) in [6.07, 6.45) is 8.49. The van der Waals surface area contributed by atoms with Gasteiger partial charge in [-0.2, -0.15) is 5.26 Å². The van der Waals surface area contributed by atoms with Crippen LogP contribution < -0.4 is 0 Å². The number of aromatic nitrogens is 4. The largest absolute Gasteiger partial charge is 0.299 e. The van der Waals surface area contributed by atoms with Crippen molar-refractivity contribution in [3.63, 3.8) is 0 Å². The summed E-state index contributed by atoms with van der Waals surface area (Å²) >= 11 is 1.49. The van der Waals surface area contributed by atoms with E-state index in [2.05, 4.69) is 32.7 Å². The molecule has 0 N–H and O–H groups in total. The monoisotopic (exact) mass is 327 g/mol. The van der Waals surface area contributed by atoms with Gasteiger partial charge in [0.15, 0.2) is 11.0 Å². The van der Waals surface area contributed by atoms with Crippen LogP contribution in [0.15, 0.2) is 29.7 Å². The Hall–Kier alpha value is -1.87. The Labute approximate surface area is 141 Å². The van der Waals surface area contributed by atoms with Crippen molar-refractivity contribution in [3.8, 4) is 17.5 Å². The van der Waals surface area contributed by atoms with Crippen LogP contribution in [-0.4, -0.2) is 25.0 Å². The van der Waals surface area contributed by atoms with E-state index < -0.39 is 0 Å². The van der Waals surface area contributed by atoms with Crippen LogP contribution in [0, 0.1) is 17.2 Å². The van der Waals surface area contributed by atoms with Crippen molar-refractivity contribution >= 4 is 11.8 Å². The topological polar surface area (TPSA) is 67.4 Å². The highest BCUT2D eigenvalue weighted by Gasteiger charge is 2.29. The molecule has 2 heterocycles. The molecule has 0 saturated heterocycles. The summed E-state index contributed by atoms with van der Waals surface area (Å²) in [5, 5.41) is 18.7. The standard InChI is InChI=1S/C17H21N5S/c1-12-6-3-4-8-15(12)22-16(14-7-5-9-19-11-14)20-21-17(22)23-13(2)10-18/h5,7,9,11-13,15H,3-4,6,8H2,1-2H3. The van der Waals surface area contributed by atoms with Gasteiger partial charge in [0.25, 0.3) is 0 Å². The third kappa shape index (κ3) is 3.40. The van der Waals surface area contributed by atoms with Crippen molar-refractivity contribution in [3.05, 3.63) is 24.5 Å². The molecule has 3 rings (SSSR count). The lowest BCUT2D eigenvalue weighted by molar-refractivity contribution is 0.247. The molecule has 0 amide bonds. The minimum absolute atomic E-state index is 0.140. The summed E-state index contributed by atoms with van der Waals surface area (Å²) in [7, 11) is 0. The second-order valence-electron chi connectivity index (χ2n) is 6.14. The Morgan fingerprint density at radius 2 is 2.17 bits per heavy atom. The molecule has 1 saturated carbocycles. The van der Waals surface area contributed by atoms with Gasteiger partial charge in [-0.15, -0.1) is 10.2 Å². The molecule has 0 spiro atoms. The first kappa shape index (κ1) is 16.0. The smallest absolute Gasteiger partial charge is 0.193 e. The number of nitriles is 1. The van der Waals surface area contributed by atoms with Crippen LogP contribution in [0.1, 0.15) is 45.6 Å². The Morgan fingerprint density at radius 3 is 2.87 bits per heavy atom. The predicted molar refractivity (Wildman–Crippen MR) is 90.9 cm³/mol. The molecule has 3 unspecified atom stereocenters. The molecule has 1 aliphatic rings. The van der Waals surface area contributed by atoms with Gasteiger partial charge in [0.2, 0.25) is 0 Å². The SMILES string of the molecule is CC(C#N)Sc1nnc(-c2cccnc2)n1C1CCCCC1C. The predicted octanol–water partition coefficient (Wildman–Crippen LogP) is 4.10. The van der Waals surface area contributed by atoms with Crippen LogP contribution in [0.5, 0.6) is 0 Å². The molecular formula is C17H21N5S. The lowest BCUT2D eigenvalue weighted by Gasteiger charge is -2.31. The van der Waals surface area contributed by atoms with Crippen molar-refractivity contribution < 1.29 is 0 Å². The minimum Gasteiger partial charge on any atom is -0.299 e. The van der Waals surface area contributed by atoms with E-state index in [1.54, 1.807) is 6.20 Å².